The largest absolute Gasteiger partial charge is 0.358 e. The quantitative estimate of drug-likeness (QED) is 0.207. The summed E-state index contributed by atoms with van der Waals surface area (Å²) < 4.78 is -0.315. The summed E-state index contributed by atoms with van der Waals surface area (Å²) in [4.78, 5) is 15.5. The van der Waals surface area contributed by atoms with Gasteiger partial charge in [0.15, 0.2) is 0 Å². The summed E-state index contributed by atoms with van der Waals surface area (Å²) in [7, 11) is 3.12. The summed E-state index contributed by atoms with van der Waals surface area (Å²) in [6, 6.07) is 2.55. The van der Waals surface area contributed by atoms with E-state index < -0.39 is 39.2 Å². The van der Waals surface area contributed by atoms with Crippen molar-refractivity contribution < 1.29 is 34.8 Å². The van der Waals surface area contributed by atoms with E-state index in [1.165, 1.54) is 0 Å². The average molecular weight is 346 g/mol. The highest BCUT2D eigenvalue weighted by atomic mass is 16.9. The second kappa shape index (κ2) is 6.01. The lowest BCUT2D eigenvalue weighted by Crippen LogP contribution is -2.58. The lowest BCUT2D eigenvalue weighted by Gasteiger charge is -2.42. The highest BCUT2D eigenvalue weighted by molar-refractivity contribution is 5.41. The Kier molecular flexibility index (Phi) is 5.10. The molecule has 10 nitrogen and oxygen atoms in total. The molecule has 0 aromatic heterocycles. The molecule has 0 saturated carbocycles. The van der Waals surface area contributed by atoms with Gasteiger partial charge in [-0.25, -0.2) is 0 Å². The Balaban J connectivity index is 3.43. The zero-order valence-corrected chi connectivity index (χ0v) is 14.2. The SMILES string of the molecule is CC(C)(C)[N+](C)(C)OC(O)(O)c1cc([N+](=O)[O-])cc(C(N)(O)O)c1. The highest BCUT2D eigenvalue weighted by Crippen LogP contribution is 2.32. The van der Waals surface area contributed by atoms with Gasteiger partial charge in [-0.2, -0.15) is 4.65 Å². The fourth-order valence-electron chi connectivity index (χ4n) is 1.62. The third-order valence-corrected chi connectivity index (χ3v) is 3.90. The van der Waals surface area contributed by atoms with E-state index in [9.17, 15) is 30.5 Å². The topological polar surface area (TPSA) is 159 Å². The first kappa shape index (κ1) is 20.4. The first-order chi connectivity index (χ1) is 10.5. The lowest BCUT2D eigenvalue weighted by atomic mass is 10.0. The fourth-order valence-corrected chi connectivity index (χ4v) is 1.62. The number of hydroxylamine groups is 3. The van der Waals surface area contributed by atoms with Crippen molar-refractivity contribution in [3.8, 4) is 0 Å². The number of nitro groups is 1. The Morgan fingerprint density at radius 2 is 1.54 bits per heavy atom. The number of nitrogens with zero attached hydrogens (tertiary/aromatic N) is 2. The van der Waals surface area contributed by atoms with Crippen LogP contribution in [0.15, 0.2) is 18.2 Å². The third-order valence-electron chi connectivity index (χ3n) is 3.90. The molecule has 0 spiro atoms. The van der Waals surface area contributed by atoms with Crippen molar-refractivity contribution in [2.45, 2.75) is 38.2 Å². The number of nitro benzene ring substituents is 1. The Hall–Kier alpha value is -1.66. The molecule has 136 valence electrons. The van der Waals surface area contributed by atoms with E-state index >= 15 is 0 Å². The Bertz CT molecular complexity index is 630. The second-order valence-corrected chi connectivity index (χ2v) is 6.97. The van der Waals surface area contributed by atoms with Gasteiger partial charge < -0.3 is 20.4 Å². The first-order valence-corrected chi connectivity index (χ1v) is 7.01. The molecular formula is C14H24N3O7+. The summed E-state index contributed by atoms with van der Waals surface area (Å²) >= 11 is 0. The van der Waals surface area contributed by atoms with E-state index in [1.807, 2.05) is 0 Å². The number of non-ortho nitro benzene ring substituents is 1. The maximum atomic E-state index is 11.0. The third kappa shape index (κ3) is 4.45. The maximum absolute atomic E-state index is 11.0. The van der Waals surface area contributed by atoms with Crippen molar-refractivity contribution in [3.63, 3.8) is 0 Å². The molecule has 24 heavy (non-hydrogen) atoms. The number of nitrogens with two attached hydrogens (primary N) is 1. The number of benzene rings is 1. The predicted molar refractivity (Wildman–Crippen MR) is 82.5 cm³/mol. The summed E-state index contributed by atoms with van der Waals surface area (Å²) in [5.74, 6) is -5.84. The van der Waals surface area contributed by atoms with Gasteiger partial charge in [-0.1, -0.05) is 0 Å². The van der Waals surface area contributed by atoms with Gasteiger partial charge >= 0.3 is 5.97 Å². The number of quaternary nitrogens is 1. The average Bonchev–Trinajstić information content (AvgIpc) is 2.34. The van der Waals surface area contributed by atoms with Gasteiger partial charge in [0.1, 0.15) is 5.54 Å². The van der Waals surface area contributed by atoms with Crippen molar-refractivity contribution in [2.24, 2.45) is 5.73 Å². The van der Waals surface area contributed by atoms with Crippen LogP contribution in [0.25, 0.3) is 0 Å². The van der Waals surface area contributed by atoms with Crippen LogP contribution in [0, 0.1) is 10.1 Å². The van der Waals surface area contributed by atoms with Gasteiger partial charge in [0.2, 0.25) is 5.91 Å². The number of aliphatic hydroxyl groups is 4. The van der Waals surface area contributed by atoms with Crippen LogP contribution in [0.1, 0.15) is 31.9 Å². The van der Waals surface area contributed by atoms with Gasteiger partial charge in [0.25, 0.3) is 5.69 Å². The molecule has 1 aromatic rings. The monoisotopic (exact) mass is 346 g/mol. The van der Waals surface area contributed by atoms with Crippen LogP contribution in [0.3, 0.4) is 0 Å². The molecule has 0 radical (unpaired) electrons. The predicted octanol–water partition coefficient (Wildman–Crippen LogP) is -0.450. The first-order valence-electron chi connectivity index (χ1n) is 7.01. The molecule has 0 aliphatic rings. The molecule has 10 heteroatoms. The van der Waals surface area contributed by atoms with E-state index in [0.29, 0.717) is 0 Å². The summed E-state index contributed by atoms with van der Waals surface area (Å²) in [5, 5.41) is 50.4. The molecule has 1 rings (SSSR count). The molecule has 0 aliphatic heterocycles. The van der Waals surface area contributed by atoms with Gasteiger partial charge in [0.05, 0.1) is 24.6 Å². The molecule has 0 bridgehead atoms. The van der Waals surface area contributed by atoms with Crippen molar-refractivity contribution in [1.29, 1.82) is 0 Å². The lowest BCUT2D eigenvalue weighted by molar-refractivity contribution is -1.13. The zero-order valence-electron chi connectivity index (χ0n) is 14.2. The Morgan fingerprint density at radius 1 is 1.08 bits per heavy atom. The van der Waals surface area contributed by atoms with Crippen LogP contribution in [0.4, 0.5) is 5.69 Å². The van der Waals surface area contributed by atoms with Gasteiger partial charge in [-0.3, -0.25) is 15.8 Å². The smallest absolute Gasteiger partial charge is 0.350 e. The van der Waals surface area contributed by atoms with E-state index in [0.717, 1.165) is 18.2 Å². The van der Waals surface area contributed by atoms with Crippen LogP contribution < -0.4 is 5.73 Å². The van der Waals surface area contributed by atoms with Gasteiger partial charge in [-0.15, -0.1) is 4.84 Å². The van der Waals surface area contributed by atoms with Crippen LogP contribution >= 0.6 is 0 Å². The standard InChI is InChI=1S/C14H24N3O7/c1-12(2,3)17(4,5)24-14(20,21)10-6-9(13(15,18)19)7-11(8-10)16(22)23/h6-8,18-21H,15H2,1-5H3/q+1. The van der Waals surface area contributed by atoms with Crippen molar-refractivity contribution >= 4 is 5.69 Å². The minimum atomic E-state index is -2.94. The highest BCUT2D eigenvalue weighted by Gasteiger charge is 2.45. The molecule has 0 aliphatic carbocycles. The van der Waals surface area contributed by atoms with Crippen LogP contribution in [0.2, 0.25) is 0 Å². The van der Waals surface area contributed by atoms with Crippen molar-refractivity contribution in [3.05, 3.63) is 39.4 Å². The number of hydrogen-bond donors (Lipinski definition) is 5. The Labute approximate surface area is 139 Å². The van der Waals surface area contributed by atoms with Crippen LogP contribution in [-0.2, 0) is 16.7 Å². The second-order valence-electron chi connectivity index (χ2n) is 6.97. The normalized spacial score (nSPS) is 13.9. The van der Waals surface area contributed by atoms with E-state index in [1.54, 1.807) is 34.9 Å². The van der Waals surface area contributed by atoms with Gasteiger partial charge in [0, 0.05) is 17.7 Å². The number of hydrogen-bond acceptors (Lipinski definition) is 8. The maximum Gasteiger partial charge on any atom is 0.358 e. The summed E-state index contributed by atoms with van der Waals surface area (Å²) in [6.45, 7) is 5.36. The van der Waals surface area contributed by atoms with E-state index in [2.05, 4.69) is 0 Å². The van der Waals surface area contributed by atoms with Crippen molar-refractivity contribution in [1.82, 2.24) is 0 Å². The molecule has 6 N–H and O–H groups in total. The van der Waals surface area contributed by atoms with E-state index in [-0.39, 0.29) is 4.65 Å². The molecule has 0 fully saturated rings. The van der Waals surface area contributed by atoms with Crippen LogP contribution in [0.5, 0.6) is 0 Å². The molecule has 1 aromatic carbocycles. The zero-order chi connectivity index (χ0) is 19.1. The Morgan fingerprint density at radius 3 is 1.92 bits per heavy atom. The summed E-state index contributed by atoms with van der Waals surface area (Å²) in [6.07, 6.45) is 0. The minimum Gasteiger partial charge on any atom is -0.350 e. The van der Waals surface area contributed by atoms with Crippen molar-refractivity contribution in [2.75, 3.05) is 14.1 Å². The molecule has 0 atom stereocenters. The van der Waals surface area contributed by atoms with E-state index in [4.69, 9.17) is 10.6 Å². The molecular weight excluding hydrogens is 322 g/mol. The molecule has 0 amide bonds. The summed E-state index contributed by atoms with van der Waals surface area (Å²) in [5.41, 5.74) is 2.97. The minimum absolute atomic E-state index is 0.315. The molecule has 0 unspecified atom stereocenters. The number of rotatable bonds is 5. The molecule has 0 saturated heterocycles. The fraction of sp³-hybridized carbons (Fsp3) is 0.571. The van der Waals surface area contributed by atoms with Gasteiger partial charge in [-0.05, 0) is 26.8 Å². The van der Waals surface area contributed by atoms with Crippen LogP contribution in [-0.4, -0.2) is 49.6 Å². The molecule has 0 heterocycles.